The molecule has 0 bridgehead atoms. The van der Waals surface area contributed by atoms with Crippen molar-refractivity contribution in [3.63, 3.8) is 0 Å². The summed E-state index contributed by atoms with van der Waals surface area (Å²) in [6, 6.07) is 0. The van der Waals surface area contributed by atoms with Crippen LogP contribution in [0, 0.1) is 0 Å². The molecule has 0 atom stereocenters. The zero-order valence-electron chi connectivity index (χ0n) is 5.85. The number of hydrogen-bond acceptors (Lipinski definition) is 2. The van der Waals surface area contributed by atoms with E-state index in [-0.39, 0.29) is 5.78 Å². The van der Waals surface area contributed by atoms with Crippen LogP contribution in [0.2, 0.25) is 0 Å². The van der Waals surface area contributed by atoms with Crippen molar-refractivity contribution in [3.05, 3.63) is 11.8 Å². The minimum atomic E-state index is -0.0423. The van der Waals surface area contributed by atoms with Crippen molar-refractivity contribution >= 4 is 5.78 Å². The Morgan fingerprint density at radius 1 is 1.67 bits per heavy atom. The van der Waals surface area contributed by atoms with Gasteiger partial charge in [-0.2, -0.15) is 0 Å². The summed E-state index contributed by atoms with van der Waals surface area (Å²) in [5.74, 6) is -0.0423. The highest BCUT2D eigenvalue weighted by Gasteiger charge is 1.99. The average Bonchev–Trinajstić information content (AvgIpc) is 1.82. The quantitative estimate of drug-likeness (QED) is 0.465. The largest absolute Gasteiger partial charge is 0.515 e. The fourth-order valence-corrected chi connectivity index (χ4v) is 0.601. The van der Waals surface area contributed by atoms with E-state index in [1.165, 1.54) is 6.92 Å². The smallest absolute Gasteiger partial charge is 0.158 e. The number of rotatable bonds is 3. The number of hydrogen-bond donors (Lipinski definition) is 1. The maximum Gasteiger partial charge on any atom is 0.158 e. The highest BCUT2D eigenvalue weighted by atomic mass is 16.2. The second kappa shape index (κ2) is 4.13. The molecule has 0 aliphatic rings. The highest BCUT2D eigenvalue weighted by Crippen LogP contribution is 2.03. The molecule has 0 aromatic carbocycles. The average molecular weight is 128 g/mol. The summed E-state index contributed by atoms with van der Waals surface area (Å²) in [5, 5.41) is 8.44. The van der Waals surface area contributed by atoms with Crippen molar-refractivity contribution in [1.29, 1.82) is 0 Å². The number of Topliss-reactive ketones (excluding diaryl/α,β-unsaturated/α-hetero) is 1. The van der Waals surface area contributed by atoms with Gasteiger partial charge in [-0.05, 0) is 13.3 Å². The van der Waals surface area contributed by atoms with E-state index in [0.717, 1.165) is 12.7 Å². The minimum absolute atomic E-state index is 0.0423. The summed E-state index contributed by atoms with van der Waals surface area (Å²) in [7, 11) is 0. The fraction of sp³-hybridized carbons (Fsp3) is 0.571. The maximum absolute atomic E-state index is 10.5. The topological polar surface area (TPSA) is 37.3 Å². The standard InChI is InChI=1S/C7H12O2/c1-3-4-7(5-8)6(2)9/h5,8H,3-4H2,1-2H3/b7-5-. The molecule has 0 aromatic rings. The third-order valence-electron chi connectivity index (χ3n) is 1.13. The third kappa shape index (κ3) is 2.90. The van der Waals surface area contributed by atoms with Gasteiger partial charge in [0.05, 0.1) is 6.26 Å². The van der Waals surface area contributed by atoms with E-state index in [0.29, 0.717) is 12.0 Å². The lowest BCUT2D eigenvalue weighted by Crippen LogP contribution is -1.95. The Balaban J connectivity index is 3.85. The van der Waals surface area contributed by atoms with Crippen molar-refractivity contribution in [2.45, 2.75) is 26.7 Å². The van der Waals surface area contributed by atoms with E-state index in [4.69, 9.17) is 5.11 Å². The maximum atomic E-state index is 10.5. The molecule has 0 radical (unpaired) electrons. The normalized spacial score (nSPS) is 11.6. The second-order valence-electron chi connectivity index (χ2n) is 1.96. The predicted molar refractivity (Wildman–Crippen MR) is 36.3 cm³/mol. The molecular weight excluding hydrogens is 116 g/mol. The van der Waals surface area contributed by atoms with Crippen molar-refractivity contribution < 1.29 is 9.90 Å². The van der Waals surface area contributed by atoms with Crippen LogP contribution in [0.3, 0.4) is 0 Å². The lowest BCUT2D eigenvalue weighted by atomic mass is 10.1. The Morgan fingerprint density at radius 3 is 2.33 bits per heavy atom. The number of aliphatic hydroxyl groups excluding tert-OH is 1. The number of allylic oxidation sites excluding steroid dienone is 1. The first-order chi connectivity index (χ1) is 4.22. The van der Waals surface area contributed by atoms with Gasteiger partial charge >= 0.3 is 0 Å². The Labute approximate surface area is 55.2 Å². The summed E-state index contributed by atoms with van der Waals surface area (Å²) in [6.45, 7) is 3.42. The Hall–Kier alpha value is -0.790. The number of ketones is 1. The zero-order valence-corrected chi connectivity index (χ0v) is 5.85. The molecule has 0 saturated heterocycles. The summed E-state index contributed by atoms with van der Waals surface area (Å²) in [6.07, 6.45) is 2.46. The molecular formula is C7H12O2. The van der Waals surface area contributed by atoms with E-state index in [1.54, 1.807) is 0 Å². The van der Waals surface area contributed by atoms with Gasteiger partial charge in [0.2, 0.25) is 0 Å². The molecule has 2 nitrogen and oxygen atoms in total. The van der Waals surface area contributed by atoms with Crippen LogP contribution in [0.15, 0.2) is 11.8 Å². The molecule has 0 aliphatic heterocycles. The lowest BCUT2D eigenvalue weighted by molar-refractivity contribution is -0.113. The van der Waals surface area contributed by atoms with Crippen LogP contribution in [-0.2, 0) is 4.79 Å². The number of aliphatic hydroxyl groups is 1. The molecule has 0 amide bonds. The van der Waals surface area contributed by atoms with Crippen LogP contribution >= 0.6 is 0 Å². The Kier molecular flexibility index (Phi) is 3.76. The molecule has 1 N–H and O–H groups in total. The number of carbonyl (C=O) groups is 1. The van der Waals surface area contributed by atoms with E-state index < -0.39 is 0 Å². The molecule has 2 heteroatoms. The molecule has 0 fully saturated rings. The first-order valence-electron chi connectivity index (χ1n) is 3.06. The molecule has 0 spiro atoms. The van der Waals surface area contributed by atoms with E-state index >= 15 is 0 Å². The van der Waals surface area contributed by atoms with Gasteiger partial charge in [0.1, 0.15) is 0 Å². The third-order valence-corrected chi connectivity index (χ3v) is 1.13. The Bertz CT molecular complexity index is 125. The van der Waals surface area contributed by atoms with Gasteiger partial charge in [0.15, 0.2) is 5.78 Å². The lowest BCUT2D eigenvalue weighted by Gasteiger charge is -1.95. The van der Waals surface area contributed by atoms with Gasteiger partial charge in [-0.3, -0.25) is 4.79 Å². The van der Waals surface area contributed by atoms with Gasteiger partial charge in [-0.1, -0.05) is 13.3 Å². The first-order valence-corrected chi connectivity index (χ1v) is 3.06. The molecule has 0 saturated carbocycles. The molecule has 0 aliphatic carbocycles. The van der Waals surface area contributed by atoms with Crippen LogP contribution in [0.1, 0.15) is 26.7 Å². The molecule has 9 heavy (non-hydrogen) atoms. The Morgan fingerprint density at radius 2 is 2.22 bits per heavy atom. The van der Waals surface area contributed by atoms with E-state index in [9.17, 15) is 4.79 Å². The summed E-state index contributed by atoms with van der Waals surface area (Å²) < 4.78 is 0. The monoisotopic (exact) mass is 128 g/mol. The SMILES string of the molecule is CCC/C(=C/O)C(C)=O. The zero-order chi connectivity index (χ0) is 7.28. The van der Waals surface area contributed by atoms with Crippen molar-refractivity contribution in [3.8, 4) is 0 Å². The summed E-state index contributed by atoms with van der Waals surface area (Å²) in [4.78, 5) is 10.5. The molecule has 0 heterocycles. The van der Waals surface area contributed by atoms with Crippen LogP contribution in [0.25, 0.3) is 0 Å². The van der Waals surface area contributed by atoms with Crippen molar-refractivity contribution in [1.82, 2.24) is 0 Å². The van der Waals surface area contributed by atoms with Gasteiger partial charge < -0.3 is 5.11 Å². The van der Waals surface area contributed by atoms with Crippen molar-refractivity contribution in [2.75, 3.05) is 0 Å². The first kappa shape index (κ1) is 8.21. The van der Waals surface area contributed by atoms with Gasteiger partial charge in [-0.25, -0.2) is 0 Å². The molecule has 52 valence electrons. The van der Waals surface area contributed by atoms with Gasteiger partial charge in [-0.15, -0.1) is 0 Å². The second-order valence-corrected chi connectivity index (χ2v) is 1.96. The van der Waals surface area contributed by atoms with Crippen LogP contribution in [0.5, 0.6) is 0 Å². The summed E-state index contributed by atoms with van der Waals surface area (Å²) >= 11 is 0. The molecule has 0 aromatic heterocycles. The number of carbonyl (C=O) groups excluding carboxylic acids is 1. The summed E-state index contributed by atoms with van der Waals surface area (Å²) in [5.41, 5.74) is 0.512. The van der Waals surface area contributed by atoms with Crippen LogP contribution in [0.4, 0.5) is 0 Å². The minimum Gasteiger partial charge on any atom is -0.515 e. The van der Waals surface area contributed by atoms with Gasteiger partial charge in [0, 0.05) is 5.57 Å². The fourth-order valence-electron chi connectivity index (χ4n) is 0.601. The van der Waals surface area contributed by atoms with E-state index in [2.05, 4.69) is 0 Å². The van der Waals surface area contributed by atoms with E-state index in [1.807, 2.05) is 6.92 Å². The molecule has 0 unspecified atom stereocenters. The van der Waals surface area contributed by atoms with Gasteiger partial charge in [0.25, 0.3) is 0 Å². The van der Waals surface area contributed by atoms with Crippen molar-refractivity contribution in [2.24, 2.45) is 0 Å². The van der Waals surface area contributed by atoms with Crippen LogP contribution in [-0.4, -0.2) is 10.9 Å². The highest BCUT2D eigenvalue weighted by molar-refractivity contribution is 5.92. The molecule has 0 rings (SSSR count). The van der Waals surface area contributed by atoms with Crippen LogP contribution < -0.4 is 0 Å². The predicted octanol–water partition coefficient (Wildman–Crippen LogP) is 1.82.